The number of carbonyl (C=O) groups excluding carboxylic acids is 1. The summed E-state index contributed by atoms with van der Waals surface area (Å²) in [6.07, 6.45) is 3.06. The first-order valence-corrected chi connectivity index (χ1v) is 8.96. The van der Waals surface area contributed by atoms with E-state index in [1.54, 1.807) is 48.5 Å². The molecule has 152 valence electrons. The van der Waals surface area contributed by atoms with Gasteiger partial charge in [-0.15, -0.1) is 0 Å². The maximum Gasteiger partial charge on any atom is 0.274 e. The van der Waals surface area contributed by atoms with Crippen LogP contribution in [0.5, 0.6) is 5.75 Å². The van der Waals surface area contributed by atoms with Gasteiger partial charge in [0.15, 0.2) is 0 Å². The van der Waals surface area contributed by atoms with Gasteiger partial charge in [-0.1, -0.05) is 24.3 Å². The number of anilines is 1. The second kappa shape index (κ2) is 9.33. The first kappa shape index (κ1) is 20.5. The van der Waals surface area contributed by atoms with Crippen LogP contribution in [-0.4, -0.2) is 23.8 Å². The quantitative estimate of drug-likeness (QED) is 0.286. The van der Waals surface area contributed by atoms with Crippen molar-refractivity contribution in [2.75, 3.05) is 12.4 Å². The van der Waals surface area contributed by atoms with Crippen LogP contribution in [0.3, 0.4) is 0 Å². The van der Waals surface area contributed by atoms with Crippen LogP contribution in [0, 0.1) is 11.2 Å². The fourth-order valence-electron chi connectivity index (χ4n) is 2.72. The van der Waals surface area contributed by atoms with Gasteiger partial charge in [0.1, 0.15) is 23.1 Å². The van der Waals surface area contributed by atoms with Crippen LogP contribution in [-0.2, 0) is 4.79 Å². The van der Waals surface area contributed by atoms with Crippen molar-refractivity contribution in [1.82, 2.24) is 10.3 Å². The molecule has 0 aliphatic rings. The summed E-state index contributed by atoms with van der Waals surface area (Å²) in [6, 6.07) is 16.1. The molecular weight excluding hydrogens is 385 g/mol. The van der Waals surface area contributed by atoms with Crippen LogP contribution in [0.15, 0.2) is 78.8 Å². The lowest BCUT2D eigenvalue weighted by Gasteiger charge is -2.16. The van der Waals surface area contributed by atoms with Crippen molar-refractivity contribution in [2.24, 2.45) is 5.73 Å². The number of halogens is 1. The molecule has 2 aromatic carbocycles. The van der Waals surface area contributed by atoms with E-state index in [0.29, 0.717) is 16.9 Å². The molecule has 0 fully saturated rings. The minimum atomic E-state index is -0.721. The number of nitrogens with one attached hydrogen (secondary N) is 3. The molecule has 1 amide bonds. The molecule has 0 bridgehead atoms. The molecule has 0 aliphatic carbocycles. The number of pyridine rings is 1. The zero-order chi connectivity index (χ0) is 21.5. The lowest BCUT2D eigenvalue weighted by molar-refractivity contribution is -0.116. The van der Waals surface area contributed by atoms with Gasteiger partial charge in [-0.05, 0) is 36.4 Å². The number of ether oxygens (including phenoxy) is 1. The van der Waals surface area contributed by atoms with Gasteiger partial charge in [0.05, 0.1) is 24.1 Å². The van der Waals surface area contributed by atoms with E-state index in [4.69, 9.17) is 15.9 Å². The summed E-state index contributed by atoms with van der Waals surface area (Å²) in [7, 11) is 1.47. The zero-order valence-corrected chi connectivity index (χ0v) is 16.1. The van der Waals surface area contributed by atoms with E-state index in [9.17, 15) is 9.18 Å². The van der Waals surface area contributed by atoms with Crippen LogP contribution in [0.25, 0.3) is 5.70 Å². The molecule has 1 heterocycles. The van der Waals surface area contributed by atoms with Gasteiger partial charge in [-0.2, -0.15) is 0 Å². The predicted octanol–water partition coefficient (Wildman–Crippen LogP) is 3.11. The van der Waals surface area contributed by atoms with E-state index in [0.717, 1.165) is 0 Å². The van der Waals surface area contributed by atoms with E-state index >= 15 is 0 Å². The van der Waals surface area contributed by atoms with E-state index in [1.165, 1.54) is 31.6 Å². The third-order valence-electron chi connectivity index (χ3n) is 4.23. The van der Waals surface area contributed by atoms with Crippen molar-refractivity contribution in [1.29, 1.82) is 5.41 Å². The number of benzene rings is 2. The summed E-state index contributed by atoms with van der Waals surface area (Å²) in [5.74, 6) is -0.967. The topological polar surface area (TPSA) is 113 Å². The molecule has 0 aliphatic heterocycles. The molecule has 8 heteroatoms. The van der Waals surface area contributed by atoms with E-state index < -0.39 is 11.7 Å². The summed E-state index contributed by atoms with van der Waals surface area (Å²) in [5, 5.41) is 13.5. The van der Waals surface area contributed by atoms with Crippen molar-refractivity contribution in [3.05, 3.63) is 95.7 Å². The number of methoxy groups -OCH3 is 1. The minimum Gasteiger partial charge on any atom is -0.496 e. The number of hydrogen-bond donors (Lipinski definition) is 4. The first-order chi connectivity index (χ1) is 14.5. The van der Waals surface area contributed by atoms with Crippen molar-refractivity contribution in [3.63, 3.8) is 0 Å². The summed E-state index contributed by atoms with van der Waals surface area (Å²) >= 11 is 0. The number of nitrogens with two attached hydrogens (primary N) is 1. The Balaban J connectivity index is 1.94. The molecule has 30 heavy (non-hydrogen) atoms. The Morgan fingerprint density at radius 3 is 2.43 bits per heavy atom. The Labute approximate surface area is 172 Å². The monoisotopic (exact) mass is 405 g/mol. The van der Waals surface area contributed by atoms with E-state index in [1.807, 2.05) is 0 Å². The standard InChI is InChI=1S/C22H20FN5O2/c1-30-18-9-5-2-6-15(18)21(25)28-22(29)19(24)20(14-10-12-26-13-11-14)27-17-8-4-3-7-16(17)23/h2-13,27H,24H2,1H3,(H2,25,28,29)/b20-19-. The van der Waals surface area contributed by atoms with Gasteiger partial charge in [0.2, 0.25) is 0 Å². The molecular formula is C22H20FN5O2. The highest BCUT2D eigenvalue weighted by atomic mass is 19.1. The Bertz CT molecular complexity index is 1100. The number of para-hydroxylation sites is 2. The predicted molar refractivity (Wildman–Crippen MR) is 113 cm³/mol. The summed E-state index contributed by atoms with van der Waals surface area (Å²) in [6.45, 7) is 0. The number of carbonyl (C=O) groups is 1. The van der Waals surface area contributed by atoms with Crippen LogP contribution >= 0.6 is 0 Å². The fraction of sp³-hybridized carbons (Fsp3) is 0.0455. The maximum absolute atomic E-state index is 14.2. The summed E-state index contributed by atoms with van der Waals surface area (Å²) < 4.78 is 19.4. The Morgan fingerprint density at radius 1 is 1.07 bits per heavy atom. The Hall–Kier alpha value is -4.20. The van der Waals surface area contributed by atoms with E-state index in [2.05, 4.69) is 15.6 Å². The molecule has 0 radical (unpaired) electrons. The van der Waals surface area contributed by atoms with Crippen molar-refractivity contribution < 1.29 is 13.9 Å². The van der Waals surface area contributed by atoms with Gasteiger partial charge >= 0.3 is 0 Å². The number of hydrogen-bond acceptors (Lipinski definition) is 6. The Morgan fingerprint density at radius 2 is 1.73 bits per heavy atom. The second-order valence-electron chi connectivity index (χ2n) is 6.16. The maximum atomic E-state index is 14.2. The van der Waals surface area contributed by atoms with Crippen LogP contribution in [0.4, 0.5) is 10.1 Å². The largest absolute Gasteiger partial charge is 0.496 e. The third-order valence-corrected chi connectivity index (χ3v) is 4.23. The van der Waals surface area contributed by atoms with Gasteiger partial charge in [0, 0.05) is 18.0 Å². The average molecular weight is 405 g/mol. The molecule has 0 spiro atoms. The smallest absolute Gasteiger partial charge is 0.274 e. The second-order valence-corrected chi connectivity index (χ2v) is 6.16. The van der Waals surface area contributed by atoms with E-state index in [-0.39, 0.29) is 22.9 Å². The molecule has 3 rings (SSSR count). The normalized spacial score (nSPS) is 11.3. The molecule has 5 N–H and O–H groups in total. The lowest BCUT2D eigenvalue weighted by atomic mass is 10.1. The van der Waals surface area contributed by atoms with Gasteiger partial charge in [0.25, 0.3) is 5.91 Å². The first-order valence-electron chi connectivity index (χ1n) is 8.96. The van der Waals surface area contributed by atoms with Crippen molar-refractivity contribution in [3.8, 4) is 5.75 Å². The number of nitrogens with zero attached hydrogens (tertiary/aromatic N) is 1. The molecule has 0 saturated heterocycles. The van der Waals surface area contributed by atoms with Crippen LogP contribution in [0.2, 0.25) is 0 Å². The average Bonchev–Trinajstić information content (AvgIpc) is 2.78. The zero-order valence-electron chi connectivity index (χ0n) is 16.1. The SMILES string of the molecule is COc1ccccc1C(=N)NC(=O)/C(N)=C(/Nc1ccccc1F)c1ccncc1. The summed E-state index contributed by atoms with van der Waals surface area (Å²) in [5.41, 5.74) is 7.17. The number of aromatic nitrogens is 1. The number of amides is 1. The van der Waals surface area contributed by atoms with Crippen molar-refractivity contribution >= 4 is 23.1 Å². The molecule has 1 aromatic heterocycles. The summed E-state index contributed by atoms with van der Waals surface area (Å²) in [4.78, 5) is 16.7. The van der Waals surface area contributed by atoms with Crippen LogP contribution < -0.4 is 21.1 Å². The third kappa shape index (κ3) is 4.61. The van der Waals surface area contributed by atoms with Gasteiger partial charge in [-0.3, -0.25) is 15.2 Å². The highest BCUT2D eigenvalue weighted by Gasteiger charge is 2.18. The minimum absolute atomic E-state index is 0.153. The molecule has 3 aromatic rings. The number of rotatable bonds is 6. The molecule has 7 nitrogen and oxygen atoms in total. The van der Waals surface area contributed by atoms with Gasteiger partial charge < -0.3 is 21.1 Å². The highest BCUT2D eigenvalue weighted by Crippen LogP contribution is 2.22. The fourth-order valence-corrected chi connectivity index (χ4v) is 2.72. The molecule has 0 atom stereocenters. The highest BCUT2D eigenvalue weighted by molar-refractivity contribution is 6.14. The molecule has 0 saturated carbocycles. The lowest BCUT2D eigenvalue weighted by Crippen LogP contribution is -2.35. The van der Waals surface area contributed by atoms with Crippen LogP contribution in [0.1, 0.15) is 11.1 Å². The molecule has 0 unspecified atom stereocenters. The van der Waals surface area contributed by atoms with Gasteiger partial charge in [-0.25, -0.2) is 4.39 Å². The Kier molecular flexibility index (Phi) is 6.39. The number of amidine groups is 1. The van der Waals surface area contributed by atoms with Crippen molar-refractivity contribution in [2.45, 2.75) is 0 Å².